The van der Waals surface area contributed by atoms with Gasteiger partial charge in [0.25, 0.3) is 15.9 Å². The molecule has 0 radical (unpaired) electrons. The highest BCUT2D eigenvalue weighted by Crippen LogP contribution is 2.34. The number of nitrogens with zero attached hydrogens (tertiary/aromatic N) is 3. The zero-order valence-corrected chi connectivity index (χ0v) is 20.9. The zero-order chi connectivity index (χ0) is 26.4. The number of aromatic amines is 1. The summed E-state index contributed by atoms with van der Waals surface area (Å²) in [5.41, 5.74) is 0.121. The number of hydrogen-bond acceptors (Lipinski definition) is 8. The Bertz CT molecular complexity index is 1790. The maximum atomic E-state index is 13.3. The van der Waals surface area contributed by atoms with Crippen molar-refractivity contribution in [3.8, 4) is 11.5 Å². The molecule has 1 aromatic heterocycles. The minimum absolute atomic E-state index is 0.0318. The van der Waals surface area contributed by atoms with E-state index in [9.17, 15) is 18.0 Å². The average Bonchev–Trinajstić information content (AvgIpc) is 3.41. The van der Waals surface area contributed by atoms with E-state index in [1.165, 1.54) is 30.3 Å². The molecule has 12 heteroatoms. The number of amides is 1. The molecule has 1 fully saturated rings. The van der Waals surface area contributed by atoms with E-state index in [1.54, 1.807) is 11.0 Å². The fourth-order valence-corrected chi connectivity index (χ4v) is 6.03. The van der Waals surface area contributed by atoms with Crippen LogP contribution in [-0.2, 0) is 10.0 Å². The van der Waals surface area contributed by atoms with Crippen molar-refractivity contribution in [2.24, 2.45) is 0 Å². The Balaban J connectivity index is 1.28. The van der Waals surface area contributed by atoms with Crippen molar-refractivity contribution in [3.63, 3.8) is 0 Å². The fraction of sp³-hybridized carbons (Fsp3) is 0.192. The van der Waals surface area contributed by atoms with Crippen molar-refractivity contribution < 1.29 is 22.7 Å². The molecule has 0 saturated carbocycles. The molecular formula is C26H23N5O6S. The number of hydrogen-bond donors (Lipinski definition) is 2. The van der Waals surface area contributed by atoms with Crippen LogP contribution in [0, 0.1) is 5.41 Å². The third kappa shape index (κ3) is 3.98. The van der Waals surface area contributed by atoms with Gasteiger partial charge in [-0.25, -0.2) is 13.2 Å². The second-order valence-electron chi connectivity index (χ2n) is 8.94. The summed E-state index contributed by atoms with van der Waals surface area (Å²) in [5.74, 6) is 0.436. The first kappa shape index (κ1) is 23.8. The number of benzene rings is 3. The minimum Gasteiger partial charge on any atom is -0.454 e. The fourth-order valence-electron chi connectivity index (χ4n) is 4.73. The van der Waals surface area contributed by atoms with Crippen molar-refractivity contribution in [2.75, 3.05) is 37.9 Å². The van der Waals surface area contributed by atoms with Gasteiger partial charge in [0.15, 0.2) is 17.0 Å². The number of anilines is 1. The molecule has 3 heterocycles. The van der Waals surface area contributed by atoms with Crippen molar-refractivity contribution >= 4 is 32.5 Å². The summed E-state index contributed by atoms with van der Waals surface area (Å²) in [7, 11) is -4.42. The van der Waals surface area contributed by atoms with Crippen LogP contribution in [0.25, 0.3) is 10.9 Å². The SMILES string of the molecule is N=c1c2ccc(C(=O)N3CCN(c4ccccc4)CC3)cc2[nH]c(=O)n1S(=O)(=O)c1ccc2c(c1)OCO2. The first-order valence-corrected chi connectivity index (χ1v) is 13.4. The van der Waals surface area contributed by atoms with Gasteiger partial charge < -0.3 is 24.3 Å². The first-order valence-electron chi connectivity index (χ1n) is 11.9. The van der Waals surface area contributed by atoms with Crippen molar-refractivity contribution in [1.82, 2.24) is 13.9 Å². The lowest BCUT2D eigenvalue weighted by Gasteiger charge is -2.36. The molecule has 38 heavy (non-hydrogen) atoms. The smallest absolute Gasteiger partial charge is 0.341 e. The van der Waals surface area contributed by atoms with Crippen LogP contribution in [-0.4, -0.2) is 61.2 Å². The first-order chi connectivity index (χ1) is 18.3. The van der Waals surface area contributed by atoms with Crippen LogP contribution in [0.4, 0.5) is 5.69 Å². The Kier molecular flexibility index (Phi) is 5.68. The normalized spacial score (nSPS) is 15.2. The second-order valence-corrected chi connectivity index (χ2v) is 10.7. The molecule has 3 aromatic carbocycles. The lowest BCUT2D eigenvalue weighted by molar-refractivity contribution is 0.0747. The van der Waals surface area contributed by atoms with Gasteiger partial charge in [-0.1, -0.05) is 18.2 Å². The van der Waals surface area contributed by atoms with E-state index < -0.39 is 21.2 Å². The lowest BCUT2D eigenvalue weighted by Crippen LogP contribution is -2.48. The van der Waals surface area contributed by atoms with Gasteiger partial charge in [-0.15, -0.1) is 0 Å². The molecule has 0 aliphatic carbocycles. The van der Waals surface area contributed by atoms with Gasteiger partial charge >= 0.3 is 5.69 Å². The summed E-state index contributed by atoms with van der Waals surface area (Å²) >= 11 is 0. The van der Waals surface area contributed by atoms with E-state index in [1.807, 2.05) is 30.3 Å². The van der Waals surface area contributed by atoms with E-state index >= 15 is 0 Å². The van der Waals surface area contributed by atoms with Gasteiger partial charge in [0, 0.05) is 48.9 Å². The Hall–Kier alpha value is -4.58. The van der Waals surface area contributed by atoms with Crippen LogP contribution >= 0.6 is 0 Å². The van der Waals surface area contributed by atoms with E-state index in [2.05, 4.69) is 9.88 Å². The number of H-pyrrole nitrogens is 1. The Morgan fingerprint density at radius 1 is 0.895 bits per heavy atom. The molecule has 1 saturated heterocycles. The minimum atomic E-state index is -4.42. The zero-order valence-electron chi connectivity index (χ0n) is 20.1. The van der Waals surface area contributed by atoms with Crippen molar-refractivity contribution in [3.05, 3.63) is 88.3 Å². The number of rotatable bonds is 4. The standard InChI is InChI=1S/C26H23N5O6S/c27-24-20-8-6-17(25(32)30-12-10-29(11-13-30)18-4-2-1-3-5-18)14-21(20)28-26(33)31(24)38(34,35)19-7-9-22-23(15-19)37-16-36-22/h1-9,14-15,27H,10-13,16H2,(H,28,33). The predicted octanol–water partition coefficient (Wildman–Crippen LogP) is 1.74. The van der Waals surface area contributed by atoms with E-state index in [4.69, 9.17) is 14.9 Å². The number of aromatic nitrogens is 2. The Morgan fingerprint density at radius 2 is 1.63 bits per heavy atom. The number of para-hydroxylation sites is 1. The molecular weight excluding hydrogens is 510 g/mol. The number of carbonyl (C=O) groups is 1. The summed E-state index contributed by atoms with van der Waals surface area (Å²) in [6, 6.07) is 18.5. The quantitative estimate of drug-likeness (QED) is 0.408. The van der Waals surface area contributed by atoms with Crippen LogP contribution in [0.15, 0.2) is 76.4 Å². The molecule has 0 bridgehead atoms. The summed E-state index contributed by atoms with van der Waals surface area (Å²) in [6.45, 7) is 2.42. The van der Waals surface area contributed by atoms with Crippen molar-refractivity contribution in [1.29, 1.82) is 5.41 Å². The number of carbonyl (C=O) groups excluding carboxylic acids is 1. The summed E-state index contributed by atoms with van der Waals surface area (Å²) in [4.78, 5) is 32.4. The molecule has 0 spiro atoms. The van der Waals surface area contributed by atoms with Crippen LogP contribution in [0.3, 0.4) is 0 Å². The number of piperazine rings is 1. The molecule has 6 rings (SSSR count). The summed E-state index contributed by atoms with van der Waals surface area (Å²) in [5, 5.41) is 8.70. The summed E-state index contributed by atoms with van der Waals surface area (Å²) < 4.78 is 37.4. The van der Waals surface area contributed by atoms with E-state index in [0.717, 1.165) is 5.69 Å². The van der Waals surface area contributed by atoms with Crippen LogP contribution in [0.1, 0.15) is 10.4 Å². The van der Waals surface area contributed by atoms with E-state index in [-0.39, 0.29) is 34.2 Å². The molecule has 194 valence electrons. The van der Waals surface area contributed by atoms with Crippen LogP contribution in [0.5, 0.6) is 11.5 Å². The molecule has 4 aromatic rings. The predicted molar refractivity (Wildman–Crippen MR) is 138 cm³/mol. The monoisotopic (exact) mass is 533 g/mol. The van der Waals surface area contributed by atoms with Gasteiger partial charge in [-0.2, -0.15) is 3.97 Å². The lowest BCUT2D eigenvalue weighted by atomic mass is 10.1. The largest absolute Gasteiger partial charge is 0.454 e. The number of ether oxygens (including phenoxy) is 2. The highest BCUT2D eigenvalue weighted by molar-refractivity contribution is 7.90. The summed E-state index contributed by atoms with van der Waals surface area (Å²) in [6.07, 6.45) is 0. The second kappa shape index (κ2) is 9.06. The maximum Gasteiger partial charge on any atom is 0.341 e. The van der Waals surface area contributed by atoms with Gasteiger partial charge in [0.1, 0.15) is 0 Å². The van der Waals surface area contributed by atoms with Crippen LogP contribution < -0.4 is 25.6 Å². The van der Waals surface area contributed by atoms with Crippen molar-refractivity contribution in [2.45, 2.75) is 4.90 Å². The Labute approximate surface area is 217 Å². The van der Waals surface area contributed by atoms with Crippen LogP contribution in [0.2, 0.25) is 0 Å². The topological polar surface area (TPSA) is 138 Å². The highest BCUT2D eigenvalue weighted by Gasteiger charge is 2.26. The molecule has 2 aliphatic heterocycles. The highest BCUT2D eigenvalue weighted by atomic mass is 32.2. The van der Waals surface area contributed by atoms with Gasteiger partial charge in [-0.05, 0) is 42.5 Å². The molecule has 0 atom stereocenters. The molecule has 1 amide bonds. The van der Waals surface area contributed by atoms with Gasteiger partial charge in [0.2, 0.25) is 6.79 Å². The molecule has 11 nitrogen and oxygen atoms in total. The average molecular weight is 534 g/mol. The molecule has 0 unspecified atom stereocenters. The van der Waals surface area contributed by atoms with E-state index in [0.29, 0.717) is 41.5 Å². The number of fused-ring (bicyclic) bond motifs is 2. The maximum absolute atomic E-state index is 13.3. The van der Waals surface area contributed by atoms with Gasteiger partial charge in [-0.3, -0.25) is 10.2 Å². The number of nitrogens with one attached hydrogen (secondary N) is 2. The third-order valence-corrected chi connectivity index (χ3v) is 8.40. The Morgan fingerprint density at radius 3 is 2.39 bits per heavy atom. The third-order valence-electron chi connectivity index (χ3n) is 6.72. The van der Waals surface area contributed by atoms with Gasteiger partial charge in [0.05, 0.1) is 10.4 Å². The molecule has 2 N–H and O–H groups in total. The molecule has 2 aliphatic rings.